The lowest BCUT2D eigenvalue weighted by atomic mass is 9.83. The van der Waals surface area contributed by atoms with Gasteiger partial charge in [-0.1, -0.05) is 6.08 Å². The van der Waals surface area contributed by atoms with Crippen molar-refractivity contribution in [3.8, 4) is 0 Å². The molecule has 0 aromatic carbocycles. The van der Waals surface area contributed by atoms with Crippen LogP contribution in [0, 0.1) is 0 Å². The molecule has 19 heavy (non-hydrogen) atoms. The number of hydrogen-bond acceptors (Lipinski definition) is 4. The molecular weight excluding hydrogens is 260 g/mol. The van der Waals surface area contributed by atoms with Crippen LogP contribution in [0.5, 0.6) is 0 Å². The van der Waals surface area contributed by atoms with Gasteiger partial charge in [-0.05, 0) is 33.1 Å². The van der Waals surface area contributed by atoms with Crippen LogP contribution < -0.4 is 0 Å². The van der Waals surface area contributed by atoms with E-state index in [4.69, 9.17) is 14.2 Å². The second kappa shape index (κ2) is 5.29. The molecule has 2 rings (SSSR count). The Morgan fingerprint density at radius 1 is 1.47 bits per heavy atom. The van der Waals surface area contributed by atoms with Crippen molar-refractivity contribution in [2.75, 3.05) is 19.8 Å². The molecule has 0 spiro atoms. The van der Waals surface area contributed by atoms with E-state index in [0.717, 1.165) is 29.7 Å². The highest BCUT2D eigenvalue weighted by molar-refractivity contribution is 6.16. The molecule has 110 valence electrons. The third-order valence-corrected chi connectivity index (χ3v) is 6.69. The highest BCUT2D eigenvalue weighted by Crippen LogP contribution is 2.58. The zero-order valence-corrected chi connectivity index (χ0v) is 14.3. The van der Waals surface area contributed by atoms with Crippen LogP contribution in [0.3, 0.4) is 0 Å². The summed E-state index contributed by atoms with van der Waals surface area (Å²) in [5.41, 5.74) is -0.948. The Labute approximate surface area is 118 Å². The van der Waals surface area contributed by atoms with E-state index in [1.165, 1.54) is 6.42 Å². The topological polar surface area (TPSA) is 51.2 Å². The van der Waals surface area contributed by atoms with Crippen molar-refractivity contribution < 1.29 is 19.3 Å². The first-order chi connectivity index (χ1) is 8.90. The summed E-state index contributed by atoms with van der Waals surface area (Å²) in [5.74, 6) is 0. The number of aliphatic hydroxyl groups is 1. The molecule has 2 aliphatic rings. The SMILES string of the molecule is C=CCOCC(O)C1(C)OC1(C)C1([SiH3])CCCCO1. The fourth-order valence-electron chi connectivity index (χ4n) is 3.15. The molecule has 2 heterocycles. The van der Waals surface area contributed by atoms with Gasteiger partial charge in [-0.15, -0.1) is 6.58 Å². The maximum atomic E-state index is 10.3. The molecular formula is C14H26O4Si. The molecule has 0 aliphatic carbocycles. The van der Waals surface area contributed by atoms with Gasteiger partial charge < -0.3 is 19.3 Å². The summed E-state index contributed by atoms with van der Waals surface area (Å²) < 4.78 is 17.4. The average Bonchev–Trinajstić information content (AvgIpc) is 2.97. The number of aliphatic hydroxyl groups excluding tert-OH is 1. The number of ether oxygens (including phenoxy) is 3. The van der Waals surface area contributed by atoms with E-state index in [1.54, 1.807) is 6.08 Å². The fourth-order valence-corrected chi connectivity index (χ4v) is 4.31. The summed E-state index contributed by atoms with van der Waals surface area (Å²) >= 11 is 0. The summed E-state index contributed by atoms with van der Waals surface area (Å²) in [6, 6.07) is 0. The molecule has 4 nitrogen and oxygen atoms in total. The summed E-state index contributed by atoms with van der Waals surface area (Å²) in [6.07, 6.45) is 4.39. The Morgan fingerprint density at radius 3 is 2.79 bits per heavy atom. The Balaban J connectivity index is 2.00. The molecule has 0 amide bonds. The zero-order chi connectivity index (χ0) is 14.1. The van der Waals surface area contributed by atoms with Crippen LogP contribution in [-0.4, -0.2) is 57.7 Å². The van der Waals surface area contributed by atoms with E-state index in [9.17, 15) is 5.11 Å². The quantitative estimate of drug-likeness (QED) is 0.331. The van der Waals surface area contributed by atoms with E-state index in [1.807, 2.05) is 6.92 Å². The third-order valence-electron chi connectivity index (χ3n) is 4.95. The molecule has 1 N–H and O–H groups in total. The van der Waals surface area contributed by atoms with Gasteiger partial charge in [-0.25, -0.2) is 0 Å². The molecule has 0 bridgehead atoms. The summed E-state index contributed by atoms with van der Waals surface area (Å²) in [4.78, 5) is 0. The minimum atomic E-state index is -0.631. The lowest BCUT2D eigenvalue weighted by Crippen LogP contribution is -2.54. The molecule has 5 heteroatoms. The maximum Gasteiger partial charge on any atom is 0.125 e. The van der Waals surface area contributed by atoms with Crippen LogP contribution >= 0.6 is 0 Å². The summed E-state index contributed by atoms with van der Waals surface area (Å²) in [5, 5.41) is 10.1. The van der Waals surface area contributed by atoms with Crippen molar-refractivity contribution in [3.05, 3.63) is 12.7 Å². The highest BCUT2D eigenvalue weighted by atomic mass is 28.1. The van der Waals surface area contributed by atoms with E-state index >= 15 is 0 Å². The molecule has 0 aromatic rings. The van der Waals surface area contributed by atoms with E-state index in [-0.39, 0.29) is 17.4 Å². The molecule has 0 saturated carbocycles. The van der Waals surface area contributed by atoms with Gasteiger partial charge in [0.05, 0.1) is 18.4 Å². The van der Waals surface area contributed by atoms with Gasteiger partial charge in [0, 0.05) is 16.8 Å². The van der Waals surface area contributed by atoms with Crippen LogP contribution in [0.1, 0.15) is 33.1 Å². The van der Waals surface area contributed by atoms with E-state index in [0.29, 0.717) is 6.61 Å². The second-order valence-corrected chi connectivity index (χ2v) is 7.74. The minimum Gasteiger partial charge on any atom is -0.388 e. The maximum absolute atomic E-state index is 10.3. The number of epoxide rings is 1. The van der Waals surface area contributed by atoms with Crippen molar-refractivity contribution in [1.29, 1.82) is 0 Å². The molecule has 0 aromatic heterocycles. The van der Waals surface area contributed by atoms with Crippen molar-refractivity contribution in [2.45, 2.75) is 55.6 Å². The zero-order valence-electron chi connectivity index (χ0n) is 12.3. The Morgan fingerprint density at radius 2 is 2.21 bits per heavy atom. The molecule has 4 unspecified atom stereocenters. The van der Waals surface area contributed by atoms with E-state index in [2.05, 4.69) is 13.5 Å². The van der Waals surface area contributed by atoms with Gasteiger partial charge in [-0.2, -0.15) is 0 Å². The molecule has 2 saturated heterocycles. The van der Waals surface area contributed by atoms with Crippen molar-refractivity contribution >= 4 is 10.2 Å². The first-order valence-electron chi connectivity index (χ1n) is 7.10. The smallest absolute Gasteiger partial charge is 0.125 e. The van der Waals surface area contributed by atoms with Gasteiger partial charge in [0.2, 0.25) is 0 Å². The molecule has 2 aliphatic heterocycles. The molecule has 2 fully saturated rings. The first kappa shape index (κ1) is 15.2. The second-order valence-electron chi connectivity index (χ2n) is 6.12. The Bertz CT molecular complexity index is 342. The van der Waals surface area contributed by atoms with Gasteiger partial charge >= 0.3 is 0 Å². The van der Waals surface area contributed by atoms with Crippen LogP contribution in [0.25, 0.3) is 0 Å². The van der Waals surface area contributed by atoms with Crippen molar-refractivity contribution in [2.24, 2.45) is 0 Å². The van der Waals surface area contributed by atoms with Crippen LogP contribution in [0.2, 0.25) is 0 Å². The van der Waals surface area contributed by atoms with Gasteiger partial charge in [0.25, 0.3) is 0 Å². The normalized spacial score (nSPS) is 43.9. The van der Waals surface area contributed by atoms with Gasteiger partial charge in [0.1, 0.15) is 17.3 Å². The van der Waals surface area contributed by atoms with E-state index < -0.39 is 11.7 Å². The predicted octanol–water partition coefficient (Wildman–Crippen LogP) is 0.360. The molecule has 4 atom stereocenters. The standard InChI is InChI=1S/C14H26O4Si/c1-4-8-16-10-11(15)12(2)13(3,18-12)14(19)7-5-6-9-17-14/h4,11,15H,1,5-10H2,2-3,19H3. The lowest BCUT2D eigenvalue weighted by molar-refractivity contribution is -0.0643. The van der Waals surface area contributed by atoms with Crippen molar-refractivity contribution in [3.63, 3.8) is 0 Å². The summed E-state index contributed by atoms with van der Waals surface area (Å²) in [6.45, 7) is 9.16. The Kier molecular flexibility index (Phi) is 4.23. The molecule has 0 radical (unpaired) electrons. The minimum absolute atomic E-state index is 0.181. The summed E-state index contributed by atoms with van der Waals surface area (Å²) in [7, 11) is 0.909. The van der Waals surface area contributed by atoms with Crippen LogP contribution in [-0.2, 0) is 14.2 Å². The van der Waals surface area contributed by atoms with Crippen molar-refractivity contribution in [1.82, 2.24) is 0 Å². The number of hydrogen-bond donors (Lipinski definition) is 1. The number of rotatable bonds is 6. The van der Waals surface area contributed by atoms with Gasteiger partial charge in [-0.3, -0.25) is 0 Å². The monoisotopic (exact) mass is 286 g/mol. The first-order valence-corrected chi connectivity index (χ1v) is 8.10. The fraction of sp³-hybridized carbons (Fsp3) is 0.857. The third kappa shape index (κ3) is 2.42. The average molecular weight is 286 g/mol. The largest absolute Gasteiger partial charge is 0.388 e. The van der Waals surface area contributed by atoms with Gasteiger partial charge in [0.15, 0.2) is 0 Å². The lowest BCUT2D eigenvalue weighted by Gasteiger charge is -2.39. The van der Waals surface area contributed by atoms with Crippen LogP contribution in [0.4, 0.5) is 0 Å². The Hall–Kier alpha value is -0.203. The highest BCUT2D eigenvalue weighted by Gasteiger charge is 2.75. The van der Waals surface area contributed by atoms with Crippen LogP contribution in [0.15, 0.2) is 12.7 Å². The predicted molar refractivity (Wildman–Crippen MR) is 77.4 cm³/mol.